The van der Waals surface area contributed by atoms with Crippen LogP contribution in [0.4, 0.5) is 0 Å². The number of nitrogens with one attached hydrogen (secondary N) is 1. The number of hydroxylamine groups is 1. The molecule has 3 N–H and O–H groups in total. The average Bonchev–Trinajstić information content (AvgIpc) is 2.97. The smallest absolute Gasteiger partial charge is 0.297 e. The zero-order chi connectivity index (χ0) is 12.1. The number of carbonyl (C=O) groups is 1. The Balaban J connectivity index is 1.81. The van der Waals surface area contributed by atoms with Crippen LogP contribution in [0.25, 0.3) is 0 Å². The van der Waals surface area contributed by atoms with E-state index in [-0.39, 0.29) is 17.7 Å². The quantitative estimate of drug-likeness (QED) is 0.696. The van der Waals surface area contributed by atoms with E-state index in [1.807, 2.05) is 0 Å². The molecule has 7 heteroatoms. The van der Waals surface area contributed by atoms with Gasteiger partial charge in [-0.05, 0) is 12.8 Å². The number of carbonyl (C=O) groups excluding carboxylic acids is 1. The topological polar surface area (TPSA) is 95.1 Å². The third kappa shape index (κ3) is 3.24. The van der Waals surface area contributed by atoms with Crippen molar-refractivity contribution in [3.8, 4) is 0 Å². The highest BCUT2D eigenvalue weighted by Gasteiger charge is 2.18. The fourth-order valence-corrected chi connectivity index (χ4v) is 1.84. The highest BCUT2D eigenvalue weighted by molar-refractivity contribution is 5.91. The van der Waals surface area contributed by atoms with E-state index in [0.717, 1.165) is 25.7 Å². The second kappa shape index (κ2) is 5.74. The number of rotatable bonds is 5. The van der Waals surface area contributed by atoms with Gasteiger partial charge in [0.1, 0.15) is 0 Å². The minimum atomic E-state index is -0.361. The Morgan fingerprint density at radius 2 is 2.35 bits per heavy atom. The van der Waals surface area contributed by atoms with E-state index in [2.05, 4.69) is 15.8 Å². The van der Waals surface area contributed by atoms with Gasteiger partial charge in [-0.1, -0.05) is 18.1 Å². The van der Waals surface area contributed by atoms with Crippen molar-refractivity contribution < 1.29 is 9.63 Å². The lowest BCUT2D eigenvalue weighted by molar-refractivity contribution is -0.0127. The summed E-state index contributed by atoms with van der Waals surface area (Å²) in [5.74, 6) is -0.361. The van der Waals surface area contributed by atoms with E-state index in [4.69, 9.17) is 10.6 Å². The second-order valence-corrected chi connectivity index (χ2v) is 4.11. The van der Waals surface area contributed by atoms with E-state index in [1.165, 1.54) is 4.68 Å². The molecule has 0 unspecified atom stereocenters. The molecule has 0 aromatic carbocycles. The largest absolute Gasteiger partial charge is 0.329 e. The van der Waals surface area contributed by atoms with E-state index in [1.54, 1.807) is 6.20 Å². The molecule has 1 amide bonds. The van der Waals surface area contributed by atoms with Gasteiger partial charge in [0.05, 0.1) is 18.8 Å². The van der Waals surface area contributed by atoms with Crippen molar-refractivity contribution in [1.29, 1.82) is 0 Å². The zero-order valence-electron chi connectivity index (χ0n) is 9.63. The van der Waals surface area contributed by atoms with Crippen molar-refractivity contribution >= 4 is 5.91 Å². The molecule has 0 spiro atoms. The van der Waals surface area contributed by atoms with Gasteiger partial charge >= 0.3 is 0 Å². The molecule has 17 heavy (non-hydrogen) atoms. The SMILES string of the molecule is NCCn1cc(C(=O)NOC2CCCC2)nn1. The Hall–Kier alpha value is -1.47. The molecular formula is C10H17N5O2. The number of hydrogen-bond donors (Lipinski definition) is 2. The minimum Gasteiger partial charge on any atom is -0.329 e. The average molecular weight is 239 g/mol. The molecule has 0 atom stereocenters. The standard InChI is InChI=1S/C10H17N5O2/c11-5-6-15-7-9(12-14-15)10(16)13-17-8-3-1-2-4-8/h7-8H,1-6,11H2,(H,13,16). The van der Waals surface area contributed by atoms with Crippen LogP contribution in [0.5, 0.6) is 0 Å². The molecule has 1 aliphatic rings. The lowest BCUT2D eigenvalue weighted by Gasteiger charge is -2.09. The summed E-state index contributed by atoms with van der Waals surface area (Å²) >= 11 is 0. The van der Waals surface area contributed by atoms with E-state index < -0.39 is 0 Å². The van der Waals surface area contributed by atoms with E-state index in [9.17, 15) is 4.79 Å². The maximum absolute atomic E-state index is 11.6. The zero-order valence-corrected chi connectivity index (χ0v) is 9.63. The van der Waals surface area contributed by atoms with Crippen LogP contribution in [-0.2, 0) is 11.4 Å². The molecule has 0 aliphatic heterocycles. The molecular weight excluding hydrogens is 222 g/mol. The third-order valence-electron chi connectivity index (χ3n) is 2.75. The van der Waals surface area contributed by atoms with Gasteiger partial charge in [-0.3, -0.25) is 14.3 Å². The van der Waals surface area contributed by atoms with Crippen LogP contribution in [-0.4, -0.2) is 33.5 Å². The van der Waals surface area contributed by atoms with Crippen LogP contribution < -0.4 is 11.2 Å². The van der Waals surface area contributed by atoms with Gasteiger partial charge in [-0.2, -0.15) is 0 Å². The van der Waals surface area contributed by atoms with E-state index >= 15 is 0 Å². The summed E-state index contributed by atoms with van der Waals surface area (Å²) in [5.41, 5.74) is 8.03. The summed E-state index contributed by atoms with van der Waals surface area (Å²) in [5, 5.41) is 7.52. The molecule has 1 saturated carbocycles. The van der Waals surface area contributed by atoms with Crippen molar-refractivity contribution in [3.05, 3.63) is 11.9 Å². The molecule has 7 nitrogen and oxygen atoms in total. The van der Waals surface area contributed by atoms with Gasteiger partial charge in [0.15, 0.2) is 5.69 Å². The molecule has 1 aromatic heterocycles. The fourth-order valence-electron chi connectivity index (χ4n) is 1.84. The molecule has 1 fully saturated rings. The molecule has 0 bridgehead atoms. The van der Waals surface area contributed by atoms with Crippen LogP contribution in [0.15, 0.2) is 6.20 Å². The number of aromatic nitrogens is 3. The minimum absolute atomic E-state index is 0.137. The van der Waals surface area contributed by atoms with Gasteiger partial charge in [0.25, 0.3) is 5.91 Å². The number of nitrogens with zero attached hydrogens (tertiary/aromatic N) is 3. The van der Waals surface area contributed by atoms with Crippen LogP contribution in [0.1, 0.15) is 36.2 Å². The molecule has 2 rings (SSSR count). The summed E-state index contributed by atoms with van der Waals surface area (Å²) in [6.07, 6.45) is 6.01. The van der Waals surface area contributed by atoms with Gasteiger partial charge in [0.2, 0.25) is 0 Å². The molecule has 94 valence electrons. The maximum Gasteiger partial charge on any atom is 0.297 e. The molecule has 1 heterocycles. The van der Waals surface area contributed by atoms with Crippen LogP contribution >= 0.6 is 0 Å². The highest BCUT2D eigenvalue weighted by Crippen LogP contribution is 2.19. The fraction of sp³-hybridized carbons (Fsp3) is 0.700. The Morgan fingerprint density at radius 3 is 3.06 bits per heavy atom. The van der Waals surface area contributed by atoms with Crippen molar-refractivity contribution in [3.63, 3.8) is 0 Å². The summed E-state index contributed by atoms with van der Waals surface area (Å²) in [6, 6.07) is 0. The summed E-state index contributed by atoms with van der Waals surface area (Å²) in [7, 11) is 0. The van der Waals surface area contributed by atoms with Crippen molar-refractivity contribution in [1.82, 2.24) is 20.5 Å². The second-order valence-electron chi connectivity index (χ2n) is 4.11. The summed E-state index contributed by atoms with van der Waals surface area (Å²) in [6.45, 7) is 1.01. The summed E-state index contributed by atoms with van der Waals surface area (Å²) in [4.78, 5) is 16.9. The first-order valence-corrected chi connectivity index (χ1v) is 5.86. The number of nitrogens with two attached hydrogens (primary N) is 1. The van der Waals surface area contributed by atoms with Crippen LogP contribution in [0.3, 0.4) is 0 Å². The van der Waals surface area contributed by atoms with E-state index in [0.29, 0.717) is 13.1 Å². The first-order valence-electron chi connectivity index (χ1n) is 5.86. The Bertz CT molecular complexity index is 373. The first kappa shape index (κ1) is 12.0. The molecule has 0 radical (unpaired) electrons. The Morgan fingerprint density at radius 1 is 1.59 bits per heavy atom. The predicted octanol–water partition coefficient (Wildman–Crippen LogP) is -0.159. The maximum atomic E-state index is 11.6. The number of hydrogen-bond acceptors (Lipinski definition) is 5. The van der Waals surface area contributed by atoms with Gasteiger partial charge < -0.3 is 5.73 Å². The van der Waals surface area contributed by atoms with Gasteiger partial charge in [-0.15, -0.1) is 5.10 Å². The van der Waals surface area contributed by atoms with Gasteiger partial charge in [0, 0.05) is 6.54 Å². The molecule has 1 aromatic rings. The van der Waals surface area contributed by atoms with Crippen molar-refractivity contribution in [2.24, 2.45) is 5.73 Å². The normalized spacial score (nSPS) is 16.3. The summed E-state index contributed by atoms with van der Waals surface area (Å²) < 4.78 is 1.53. The lowest BCUT2D eigenvalue weighted by Crippen LogP contribution is -2.28. The predicted molar refractivity (Wildman–Crippen MR) is 59.9 cm³/mol. The first-order chi connectivity index (χ1) is 8.29. The van der Waals surface area contributed by atoms with Crippen molar-refractivity contribution in [2.75, 3.05) is 6.54 Å². The third-order valence-corrected chi connectivity index (χ3v) is 2.75. The monoisotopic (exact) mass is 239 g/mol. The Kier molecular flexibility index (Phi) is 4.05. The number of amides is 1. The lowest BCUT2D eigenvalue weighted by atomic mass is 10.3. The van der Waals surface area contributed by atoms with Gasteiger partial charge in [-0.25, -0.2) is 5.48 Å². The van der Waals surface area contributed by atoms with Crippen molar-refractivity contribution in [2.45, 2.75) is 38.3 Å². The molecule has 0 saturated heterocycles. The highest BCUT2D eigenvalue weighted by atomic mass is 16.7. The molecule has 1 aliphatic carbocycles. The van der Waals surface area contributed by atoms with Crippen LogP contribution in [0.2, 0.25) is 0 Å². The Labute approximate surface area is 99.3 Å². The van der Waals surface area contributed by atoms with Crippen LogP contribution in [0, 0.1) is 0 Å².